The molecular weight excluding hydrogens is 298 g/mol. The maximum absolute atomic E-state index is 5.95. The summed E-state index contributed by atoms with van der Waals surface area (Å²) >= 11 is 0. The van der Waals surface area contributed by atoms with Gasteiger partial charge >= 0.3 is 0 Å². The molecular formula is C19H15N5. The zero-order valence-corrected chi connectivity index (χ0v) is 12.8. The second-order valence-electron chi connectivity index (χ2n) is 5.50. The molecule has 4 rings (SSSR count). The minimum absolute atomic E-state index is 0.172. The first-order chi connectivity index (χ1) is 11.7. The molecule has 2 heterocycles. The van der Waals surface area contributed by atoms with E-state index >= 15 is 0 Å². The summed E-state index contributed by atoms with van der Waals surface area (Å²) in [6.07, 6.45) is 1.64. The van der Waals surface area contributed by atoms with Gasteiger partial charge in [0.05, 0.1) is 11.2 Å². The Balaban J connectivity index is 1.79. The van der Waals surface area contributed by atoms with Gasteiger partial charge in [0.15, 0.2) is 0 Å². The van der Waals surface area contributed by atoms with Crippen molar-refractivity contribution in [2.75, 3.05) is 11.5 Å². The van der Waals surface area contributed by atoms with E-state index in [9.17, 15) is 0 Å². The number of pyridine rings is 1. The molecule has 0 aliphatic rings. The number of nitrogen functional groups attached to an aromatic ring is 2. The summed E-state index contributed by atoms with van der Waals surface area (Å²) in [5, 5.41) is 1.03. The van der Waals surface area contributed by atoms with Crippen molar-refractivity contribution in [2.24, 2.45) is 0 Å². The molecule has 5 heteroatoms. The van der Waals surface area contributed by atoms with Crippen molar-refractivity contribution in [3.63, 3.8) is 0 Å². The van der Waals surface area contributed by atoms with Crippen molar-refractivity contribution < 1.29 is 0 Å². The van der Waals surface area contributed by atoms with Gasteiger partial charge in [-0.1, -0.05) is 42.5 Å². The Hall–Kier alpha value is -3.47. The SMILES string of the molecule is Nc1ncc(-c2ccc3nc(-c4ccccc4)ccc3c2)c(N)n1. The zero-order chi connectivity index (χ0) is 16.5. The third-order valence-corrected chi connectivity index (χ3v) is 3.91. The molecule has 0 aliphatic carbocycles. The van der Waals surface area contributed by atoms with Crippen LogP contribution in [0.15, 0.2) is 66.9 Å². The fourth-order valence-corrected chi connectivity index (χ4v) is 2.69. The molecule has 0 unspecified atom stereocenters. The molecule has 0 aliphatic heterocycles. The van der Waals surface area contributed by atoms with Gasteiger partial charge in [0.1, 0.15) is 5.82 Å². The molecule has 5 nitrogen and oxygen atoms in total. The summed E-state index contributed by atoms with van der Waals surface area (Å²) in [6.45, 7) is 0. The van der Waals surface area contributed by atoms with E-state index in [1.807, 2.05) is 42.5 Å². The molecule has 0 amide bonds. The number of benzene rings is 2. The van der Waals surface area contributed by atoms with E-state index in [2.05, 4.69) is 28.2 Å². The van der Waals surface area contributed by atoms with Crippen LogP contribution in [0.25, 0.3) is 33.3 Å². The van der Waals surface area contributed by atoms with E-state index in [0.717, 1.165) is 33.3 Å². The second-order valence-corrected chi connectivity index (χ2v) is 5.50. The van der Waals surface area contributed by atoms with Crippen LogP contribution in [0, 0.1) is 0 Å². The third kappa shape index (κ3) is 2.52. The summed E-state index contributed by atoms with van der Waals surface area (Å²) in [7, 11) is 0. The minimum atomic E-state index is 0.172. The Morgan fingerprint density at radius 2 is 1.58 bits per heavy atom. The van der Waals surface area contributed by atoms with Gasteiger partial charge in [-0.25, -0.2) is 9.97 Å². The molecule has 0 fully saturated rings. The van der Waals surface area contributed by atoms with E-state index in [-0.39, 0.29) is 5.95 Å². The Morgan fingerprint density at radius 3 is 2.38 bits per heavy atom. The Labute approximate surface area is 139 Å². The molecule has 0 radical (unpaired) electrons. The van der Waals surface area contributed by atoms with Crippen LogP contribution in [-0.4, -0.2) is 15.0 Å². The van der Waals surface area contributed by atoms with Crippen molar-refractivity contribution >= 4 is 22.7 Å². The fourth-order valence-electron chi connectivity index (χ4n) is 2.69. The molecule has 0 atom stereocenters. The Bertz CT molecular complexity index is 1030. The fraction of sp³-hybridized carbons (Fsp3) is 0. The van der Waals surface area contributed by atoms with Crippen LogP contribution in [0.5, 0.6) is 0 Å². The van der Waals surface area contributed by atoms with Gasteiger partial charge < -0.3 is 11.5 Å². The number of nitrogens with zero attached hydrogens (tertiary/aromatic N) is 3. The average molecular weight is 313 g/mol. The van der Waals surface area contributed by atoms with Gasteiger partial charge in [0.2, 0.25) is 5.95 Å². The van der Waals surface area contributed by atoms with Gasteiger partial charge in [0.25, 0.3) is 0 Å². The Morgan fingerprint density at radius 1 is 0.750 bits per heavy atom. The molecule has 0 saturated carbocycles. The largest absolute Gasteiger partial charge is 0.383 e. The lowest BCUT2D eigenvalue weighted by molar-refractivity contribution is 1.20. The molecule has 0 spiro atoms. The number of anilines is 2. The van der Waals surface area contributed by atoms with E-state index in [4.69, 9.17) is 16.5 Å². The van der Waals surface area contributed by atoms with Crippen molar-refractivity contribution in [1.29, 1.82) is 0 Å². The molecule has 116 valence electrons. The summed E-state index contributed by atoms with van der Waals surface area (Å²) in [5.74, 6) is 0.543. The lowest BCUT2D eigenvalue weighted by atomic mass is 10.0. The van der Waals surface area contributed by atoms with Crippen LogP contribution in [0.2, 0.25) is 0 Å². The van der Waals surface area contributed by atoms with Crippen molar-refractivity contribution in [1.82, 2.24) is 15.0 Å². The molecule has 4 N–H and O–H groups in total. The van der Waals surface area contributed by atoms with Crippen LogP contribution in [0.1, 0.15) is 0 Å². The van der Waals surface area contributed by atoms with Crippen molar-refractivity contribution in [2.45, 2.75) is 0 Å². The smallest absolute Gasteiger partial charge is 0.221 e. The summed E-state index contributed by atoms with van der Waals surface area (Å²) in [6, 6.07) is 20.2. The van der Waals surface area contributed by atoms with Crippen molar-refractivity contribution in [3.05, 3.63) is 66.9 Å². The van der Waals surface area contributed by atoms with Crippen LogP contribution in [0.3, 0.4) is 0 Å². The lowest BCUT2D eigenvalue weighted by Gasteiger charge is -2.08. The number of nitrogens with two attached hydrogens (primary N) is 2. The first kappa shape index (κ1) is 14.1. The number of fused-ring (bicyclic) bond motifs is 1. The number of hydrogen-bond donors (Lipinski definition) is 2. The summed E-state index contributed by atoms with van der Waals surface area (Å²) < 4.78 is 0. The third-order valence-electron chi connectivity index (χ3n) is 3.91. The summed E-state index contributed by atoms with van der Waals surface area (Å²) in [5.41, 5.74) is 16.2. The van der Waals surface area contributed by atoms with E-state index < -0.39 is 0 Å². The highest BCUT2D eigenvalue weighted by molar-refractivity contribution is 5.88. The van der Waals surface area contributed by atoms with Gasteiger partial charge in [0, 0.05) is 22.7 Å². The van der Waals surface area contributed by atoms with Crippen LogP contribution in [0.4, 0.5) is 11.8 Å². The highest BCUT2D eigenvalue weighted by Crippen LogP contribution is 2.28. The van der Waals surface area contributed by atoms with Gasteiger partial charge in [-0.2, -0.15) is 4.98 Å². The number of rotatable bonds is 2. The maximum atomic E-state index is 5.95. The average Bonchev–Trinajstić information content (AvgIpc) is 2.62. The Kier molecular flexibility index (Phi) is 3.31. The lowest BCUT2D eigenvalue weighted by Crippen LogP contribution is -2.01. The van der Waals surface area contributed by atoms with Crippen LogP contribution < -0.4 is 11.5 Å². The normalized spacial score (nSPS) is 10.8. The molecule has 24 heavy (non-hydrogen) atoms. The van der Waals surface area contributed by atoms with E-state index in [0.29, 0.717) is 5.82 Å². The van der Waals surface area contributed by atoms with Gasteiger partial charge in [-0.05, 0) is 23.8 Å². The zero-order valence-electron chi connectivity index (χ0n) is 12.8. The van der Waals surface area contributed by atoms with E-state index in [1.54, 1.807) is 6.20 Å². The number of hydrogen-bond acceptors (Lipinski definition) is 5. The van der Waals surface area contributed by atoms with Crippen molar-refractivity contribution in [3.8, 4) is 22.4 Å². The number of aromatic nitrogens is 3. The predicted molar refractivity (Wildman–Crippen MR) is 97.0 cm³/mol. The molecule has 4 aromatic rings. The molecule has 0 saturated heterocycles. The standard InChI is InChI=1S/C19H15N5/c20-18-15(11-22-19(21)24-18)13-6-8-17-14(10-13)7-9-16(23-17)12-4-2-1-3-5-12/h1-11H,(H4,20,21,22,24). The second kappa shape index (κ2) is 5.62. The van der Waals surface area contributed by atoms with Crippen LogP contribution in [-0.2, 0) is 0 Å². The molecule has 0 bridgehead atoms. The minimum Gasteiger partial charge on any atom is -0.383 e. The van der Waals surface area contributed by atoms with E-state index in [1.165, 1.54) is 0 Å². The quantitative estimate of drug-likeness (QED) is 0.591. The highest BCUT2D eigenvalue weighted by Gasteiger charge is 2.07. The van der Waals surface area contributed by atoms with Gasteiger partial charge in [-0.15, -0.1) is 0 Å². The highest BCUT2D eigenvalue weighted by atomic mass is 15.0. The molecule has 2 aromatic heterocycles. The predicted octanol–water partition coefficient (Wildman–Crippen LogP) is 3.52. The topological polar surface area (TPSA) is 90.7 Å². The first-order valence-corrected chi connectivity index (χ1v) is 7.55. The van der Waals surface area contributed by atoms with Gasteiger partial charge in [-0.3, -0.25) is 0 Å². The summed E-state index contributed by atoms with van der Waals surface area (Å²) in [4.78, 5) is 12.8. The molecule has 2 aromatic carbocycles. The maximum Gasteiger partial charge on any atom is 0.221 e. The first-order valence-electron chi connectivity index (χ1n) is 7.55. The van der Waals surface area contributed by atoms with Crippen LogP contribution >= 0.6 is 0 Å². The monoisotopic (exact) mass is 313 g/mol.